The first-order valence-electron chi connectivity index (χ1n) is 8.93. The van der Waals surface area contributed by atoms with Crippen molar-refractivity contribution in [2.45, 2.75) is 25.7 Å². The van der Waals surface area contributed by atoms with Crippen LogP contribution in [0, 0.1) is 0 Å². The van der Waals surface area contributed by atoms with Crippen molar-refractivity contribution in [2.75, 3.05) is 7.11 Å². The third-order valence-electron chi connectivity index (χ3n) is 5.07. The van der Waals surface area contributed by atoms with Gasteiger partial charge in [-0.05, 0) is 34.0 Å². The molecule has 4 heteroatoms. The fourth-order valence-electron chi connectivity index (χ4n) is 3.94. The molecule has 0 aliphatic heterocycles. The monoisotopic (exact) mass is 422 g/mol. The van der Waals surface area contributed by atoms with E-state index >= 15 is 0 Å². The summed E-state index contributed by atoms with van der Waals surface area (Å²) in [6.07, 6.45) is 1.28. The van der Waals surface area contributed by atoms with Crippen LogP contribution >= 0.6 is 15.9 Å². The molecule has 3 aromatic rings. The quantitative estimate of drug-likeness (QED) is 0.573. The molecule has 2 aliphatic rings. The van der Waals surface area contributed by atoms with Gasteiger partial charge >= 0.3 is 0 Å². The topological polar surface area (TPSA) is 43.4 Å². The Morgan fingerprint density at radius 2 is 1.19 bits per heavy atom. The van der Waals surface area contributed by atoms with Crippen LogP contribution in [-0.2, 0) is 35.3 Å². The predicted molar refractivity (Wildman–Crippen MR) is 109 cm³/mol. The van der Waals surface area contributed by atoms with E-state index < -0.39 is 0 Å². The number of fused-ring (bicyclic) bond motifs is 5. The van der Waals surface area contributed by atoms with Gasteiger partial charge in [0.2, 0.25) is 0 Å². The molecular weight excluding hydrogens is 404 g/mol. The van der Waals surface area contributed by atoms with Crippen molar-refractivity contribution >= 4 is 38.3 Å². The average molecular weight is 423 g/mol. The second-order valence-electron chi connectivity index (χ2n) is 6.97. The van der Waals surface area contributed by atoms with E-state index in [1.165, 1.54) is 0 Å². The molecule has 0 N–H and O–H groups in total. The molecule has 0 atom stereocenters. The largest absolute Gasteiger partial charge is 0.496 e. The molecule has 27 heavy (non-hydrogen) atoms. The Morgan fingerprint density at radius 3 is 1.63 bits per heavy atom. The second kappa shape index (κ2) is 7.28. The van der Waals surface area contributed by atoms with Gasteiger partial charge in [-0.2, -0.15) is 0 Å². The smallest absolute Gasteiger partial charge is 0.141 e. The zero-order valence-corrected chi connectivity index (χ0v) is 16.6. The van der Waals surface area contributed by atoms with Crippen LogP contribution in [0.5, 0.6) is 5.75 Å². The molecule has 5 rings (SSSR count). The Hall–Kier alpha value is -2.46. The Kier molecular flexibility index (Phi) is 4.83. The molecule has 4 bridgehead atoms. The fourth-order valence-corrected chi connectivity index (χ4v) is 4.50. The summed E-state index contributed by atoms with van der Waals surface area (Å²) in [5.74, 6) is 0.897. The summed E-state index contributed by atoms with van der Waals surface area (Å²) >= 11 is 3.50. The number of halogens is 1. The van der Waals surface area contributed by atoms with Crippen LogP contribution in [0.3, 0.4) is 0 Å². The lowest BCUT2D eigenvalue weighted by Gasteiger charge is -2.14. The molecule has 3 nitrogen and oxygen atoms in total. The zero-order chi connectivity index (χ0) is 19.0. The summed E-state index contributed by atoms with van der Waals surface area (Å²) in [5, 5.41) is 2.10. The molecule has 0 fully saturated rings. The van der Waals surface area contributed by atoms with Gasteiger partial charge < -0.3 is 4.74 Å². The van der Waals surface area contributed by atoms with E-state index in [1.54, 1.807) is 7.11 Å². The molecule has 0 heterocycles. The van der Waals surface area contributed by atoms with Gasteiger partial charge in [0.05, 0.1) is 7.11 Å². The molecule has 0 saturated heterocycles. The third-order valence-corrected chi connectivity index (χ3v) is 5.52. The lowest BCUT2D eigenvalue weighted by Crippen LogP contribution is -2.10. The summed E-state index contributed by atoms with van der Waals surface area (Å²) in [6.45, 7) is 0. The lowest BCUT2D eigenvalue weighted by molar-refractivity contribution is -0.118. The number of hydrogen-bond donors (Lipinski definition) is 0. The Balaban J connectivity index is 1.89. The van der Waals surface area contributed by atoms with E-state index in [4.69, 9.17) is 4.74 Å². The maximum Gasteiger partial charge on any atom is 0.141 e. The summed E-state index contributed by atoms with van der Waals surface area (Å²) in [4.78, 5) is 25.7. The molecule has 2 aliphatic carbocycles. The number of methoxy groups -OCH3 is 1. The van der Waals surface area contributed by atoms with Crippen LogP contribution in [0.25, 0.3) is 10.8 Å². The van der Waals surface area contributed by atoms with Crippen molar-refractivity contribution < 1.29 is 14.3 Å². The number of ether oxygens (including phenoxy) is 1. The van der Waals surface area contributed by atoms with Crippen molar-refractivity contribution in [3.05, 3.63) is 75.3 Å². The normalized spacial score (nSPS) is 14.6. The van der Waals surface area contributed by atoms with Gasteiger partial charge in [0, 0.05) is 41.3 Å². The number of rotatable bonds is 1. The molecule has 0 amide bonds. The Bertz CT molecular complexity index is 989. The van der Waals surface area contributed by atoms with Gasteiger partial charge in [0.15, 0.2) is 0 Å². The second-order valence-corrected chi connectivity index (χ2v) is 7.89. The van der Waals surface area contributed by atoms with Crippen LogP contribution in [0.4, 0.5) is 0 Å². The zero-order valence-electron chi connectivity index (χ0n) is 15.0. The number of ketones is 2. The van der Waals surface area contributed by atoms with E-state index in [0.29, 0.717) is 18.6 Å². The van der Waals surface area contributed by atoms with E-state index in [0.717, 1.165) is 37.5 Å². The minimum absolute atomic E-state index is 0.126. The van der Waals surface area contributed by atoms with Crippen LogP contribution < -0.4 is 4.74 Å². The van der Waals surface area contributed by atoms with Crippen molar-refractivity contribution in [2.24, 2.45) is 0 Å². The Morgan fingerprint density at radius 1 is 0.741 bits per heavy atom. The molecule has 3 aromatic carbocycles. The molecule has 136 valence electrons. The molecule has 0 aromatic heterocycles. The van der Waals surface area contributed by atoms with Crippen molar-refractivity contribution in [3.8, 4) is 5.75 Å². The van der Waals surface area contributed by atoms with Gasteiger partial charge in [0.1, 0.15) is 17.3 Å². The highest BCUT2D eigenvalue weighted by molar-refractivity contribution is 9.10. The van der Waals surface area contributed by atoms with E-state index in [9.17, 15) is 9.59 Å². The van der Waals surface area contributed by atoms with Crippen molar-refractivity contribution in [1.82, 2.24) is 0 Å². The highest BCUT2D eigenvalue weighted by atomic mass is 79.9. The third kappa shape index (κ3) is 3.54. The van der Waals surface area contributed by atoms with Crippen molar-refractivity contribution in [3.63, 3.8) is 0 Å². The number of Topliss-reactive ketones (excluding diaryl/α,β-unsaturated/α-hetero) is 2. The van der Waals surface area contributed by atoms with Crippen molar-refractivity contribution in [1.29, 1.82) is 0 Å². The first-order valence-corrected chi connectivity index (χ1v) is 9.72. The minimum Gasteiger partial charge on any atom is -0.496 e. The maximum absolute atomic E-state index is 12.8. The van der Waals surface area contributed by atoms with Gasteiger partial charge in [-0.3, -0.25) is 9.59 Å². The summed E-state index contributed by atoms with van der Waals surface area (Å²) in [6, 6.07) is 15.8. The van der Waals surface area contributed by atoms with Crippen LogP contribution in [0.15, 0.2) is 53.0 Å². The highest BCUT2D eigenvalue weighted by Crippen LogP contribution is 2.32. The van der Waals surface area contributed by atoms with Crippen LogP contribution in [0.1, 0.15) is 22.3 Å². The van der Waals surface area contributed by atoms with Gasteiger partial charge in [-0.25, -0.2) is 0 Å². The fraction of sp³-hybridized carbons (Fsp3) is 0.217. The number of hydrogen-bond acceptors (Lipinski definition) is 3. The van der Waals surface area contributed by atoms with Gasteiger partial charge in [-0.15, -0.1) is 0 Å². The first kappa shape index (κ1) is 17.9. The lowest BCUT2D eigenvalue weighted by atomic mass is 9.93. The van der Waals surface area contributed by atoms with E-state index in [2.05, 4.69) is 15.9 Å². The average Bonchev–Trinajstić information content (AvgIpc) is 2.63. The number of benzene rings is 3. The summed E-state index contributed by atoms with van der Waals surface area (Å²) in [5.41, 5.74) is 3.64. The molecule has 0 saturated carbocycles. The number of carbonyl (C=O) groups excluding carboxylic acids is 2. The predicted octanol–water partition coefficient (Wildman–Crippen LogP) is 4.63. The van der Waals surface area contributed by atoms with Crippen LogP contribution in [-0.4, -0.2) is 18.7 Å². The summed E-state index contributed by atoms with van der Waals surface area (Å²) < 4.78 is 6.44. The standard InChI is InChI=1S/C23H19BrO3/c1-27-23-16-8-18(24)9-17(23)13-20(26)11-15-7-6-14(10-19(25)12-16)21-4-2-3-5-22(15)21/h2-9H,10-13H2,1H3. The first-order chi connectivity index (χ1) is 13.0. The molecule has 0 radical (unpaired) electrons. The molecule has 0 unspecified atom stereocenters. The highest BCUT2D eigenvalue weighted by Gasteiger charge is 2.19. The maximum atomic E-state index is 12.8. The van der Waals surface area contributed by atoms with Gasteiger partial charge in [-0.1, -0.05) is 52.3 Å². The van der Waals surface area contributed by atoms with Crippen LogP contribution in [0.2, 0.25) is 0 Å². The summed E-state index contributed by atoms with van der Waals surface area (Å²) in [7, 11) is 1.59. The molecule has 0 spiro atoms. The van der Waals surface area contributed by atoms with Gasteiger partial charge in [0.25, 0.3) is 0 Å². The minimum atomic E-state index is 0.126. The number of carbonyl (C=O) groups is 2. The SMILES string of the molecule is COc1c2cc(Br)cc1CC(=O)Cc1ccc(c3ccccc13)CC(=O)C2. The Labute approximate surface area is 166 Å². The van der Waals surface area contributed by atoms with E-state index in [-0.39, 0.29) is 24.4 Å². The molecular formula is C23H19BrO3. The van der Waals surface area contributed by atoms with E-state index in [1.807, 2.05) is 48.5 Å².